The van der Waals surface area contributed by atoms with Crippen LogP contribution in [0.5, 0.6) is 5.75 Å². The minimum Gasteiger partial charge on any atom is -0.497 e. The summed E-state index contributed by atoms with van der Waals surface area (Å²) in [4.78, 5) is 27.1. The van der Waals surface area contributed by atoms with Crippen LogP contribution >= 0.6 is 0 Å². The van der Waals surface area contributed by atoms with Gasteiger partial charge in [0.15, 0.2) is 5.82 Å². The number of carbonyl (C=O) groups excluding carboxylic acids is 1. The molecule has 0 N–H and O–H groups in total. The van der Waals surface area contributed by atoms with Gasteiger partial charge in [-0.2, -0.15) is 0 Å². The van der Waals surface area contributed by atoms with Crippen LogP contribution in [0.15, 0.2) is 29.1 Å². The molecule has 1 aromatic carbocycles. The van der Waals surface area contributed by atoms with Crippen molar-refractivity contribution >= 4 is 11.6 Å². The first-order valence-corrected chi connectivity index (χ1v) is 11.4. The lowest BCUT2D eigenvalue weighted by molar-refractivity contribution is 0.114. The molecule has 33 heavy (non-hydrogen) atoms. The molecule has 8 heteroatoms. The molecular formula is C25H34N4O4. The van der Waals surface area contributed by atoms with E-state index in [0.29, 0.717) is 11.3 Å². The third kappa shape index (κ3) is 4.74. The van der Waals surface area contributed by atoms with E-state index >= 15 is 0 Å². The van der Waals surface area contributed by atoms with Gasteiger partial charge in [-0.3, -0.25) is 9.36 Å². The third-order valence-electron chi connectivity index (χ3n) is 6.09. The molecule has 0 fully saturated rings. The molecule has 0 aliphatic heterocycles. The summed E-state index contributed by atoms with van der Waals surface area (Å²) < 4.78 is 14.1. The van der Waals surface area contributed by atoms with Crippen LogP contribution in [-0.4, -0.2) is 53.0 Å². The molecule has 0 atom stereocenters. The molecule has 8 nitrogen and oxygen atoms in total. The second-order valence-electron chi connectivity index (χ2n) is 8.48. The summed E-state index contributed by atoms with van der Waals surface area (Å²) in [6.07, 6.45) is 1.43. The third-order valence-corrected chi connectivity index (χ3v) is 6.09. The number of rotatable bonds is 8. The van der Waals surface area contributed by atoms with E-state index in [4.69, 9.17) is 14.6 Å². The fourth-order valence-electron chi connectivity index (χ4n) is 4.18. The lowest BCUT2D eigenvalue weighted by Gasteiger charge is -2.18. The summed E-state index contributed by atoms with van der Waals surface area (Å²) in [6, 6.07) is 7.75. The number of methoxy groups -OCH3 is 1. The van der Waals surface area contributed by atoms with Crippen LogP contribution in [0.2, 0.25) is 0 Å². The first-order valence-electron chi connectivity index (χ1n) is 11.4. The number of hydrogen-bond acceptors (Lipinski definition) is 5. The van der Waals surface area contributed by atoms with E-state index in [1.807, 2.05) is 32.0 Å². The van der Waals surface area contributed by atoms with Crippen LogP contribution < -0.4 is 10.3 Å². The van der Waals surface area contributed by atoms with Crippen LogP contribution in [0, 0.1) is 13.8 Å². The van der Waals surface area contributed by atoms with Gasteiger partial charge in [0.1, 0.15) is 17.9 Å². The molecular weight excluding hydrogens is 420 g/mol. The van der Waals surface area contributed by atoms with Gasteiger partial charge < -0.3 is 14.4 Å². The van der Waals surface area contributed by atoms with Gasteiger partial charge in [0.2, 0.25) is 0 Å². The molecule has 0 spiro atoms. The zero-order valence-corrected chi connectivity index (χ0v) is 20.6. The van der Waals surface area contributed by atoms with Crippen molar-refractivity contribution in [1.29, 1.82) is 0 Å². The number of amides is 1. The summed E-state index contributed by atoms with van der Waals surface area (Å²) in [5, 5.41) is 4.91. The minimum atomic E-state index is -0.449. The van der Waals surface area contributed by atoms with Gasteiger partial charge in [0, 0.05) is 25.4 Å². The molecule has 3 rings (SSSR count). The number of hydrogen-bond donors (Lipinski definition) is 0. The molecule has 3 aromatic rings. The number of benzene rings is 1. The number of ether oxygens (including phenoxy) is 2. The average molecular weight is 455 g/mol. The van der Waals surface area contributed by atoms with Gasteiger partial charge in [-0.25, -0.2) is 9.31 Å². The number of nitrogens with zero attached hydrogens (tertiary/aromatic N) is 4. The highest BCUT2D eigenvalue weighted by atomic mass is 16.6. The summed E-state index contributed by atoms with van der Waals surface area (Å²) >= 11 is 0. The molecule has 2 aromatic heterocycles. The zero-order valence-electron chi connectivity index (χ0n) is 20.6. The number of aromatic nitrogens is 3. The molecule has 1 amide bonds. The van der Waals surface area contributed by atoms with Crippen molar-refractivity contribution in [3.05, 3.63) is 51.4 Å². The molecule has 178 valence electrons. The number of carbonyl (C=O) groups is 1. The van der Waals surface area contributed by atoms with Crippen molar-refractivity contribution in [3.8, 4) is 17.1 Å². The molecule has 0 saturated heterocycles. The number of aryl methyl sites for hydroxylation is 2. The van der Waals surface area contributed by atoms with Crippen LogP contribution in [0.25, 0.3) is 16.9 Å². The Morgan fingerprint density at radius 1 is 1.15 bits per heavy atom. The van der Waals surface area contributed by atoms with Gasteiger partial charge in [0.25, 0.3) is 5.56 Å². The monoisotopic (exact) mass is 454 g/mol. The minimum absolute atomic E-state index is 0.0665. The summed E-state index contributed by atoms with van der Waals surface area (Å²) in [5.41, 5.74) is 4.16. The second kappa shape index (κ2) is 10.1. The standard InChI is InChI=1S/C25H34N4O4/c1-8-18(9-2)21-15-17(4)29-22(21)24(30)28(12-13-33-25(31)27(5)6)23(26-29)20-11-10-19(32-7)14-16(20)3/h10-11,14-15,18H,8-9,12-13H2,1-7H3. The van der Waals surface area contributed by atoms with E-state index in [-0.39, 0.29) is 24.6 Å². The highest BCUT2D eigenvalue weighted by Gasteiger charge is 2.22. The highest BCUT2D eigenvalue weighted by Crippen LogP contribution is 2.30. The maximum atomic E-state index is 13.9. The number of fused-ring (bicyclic) bond motifs is 1. The van der Waals surface area contributed by atoms with Crippen molar-refractivity contribution in [1.82, 2.24) is 19.1 Å². The Morgan fingerprint density at radius 3 is 2.42 bits per heavy atom. The van der Waals surface area contributed by atoms with Crippen molar-refractivity contribution < 1.29 is 14.3 Å². The van der Waals surface area contributed by atoms with Crippen LogP contribution in [0.4, 0.5) is 4.79 Å². The van der Waals surface area contributed by atoms with E-state index in [9.17, 15) is 9.59 Å². The molecule has 0 bridgehead atoms. The van der Waals surface area contributed by atoms with Gasteiger partial charge in [-0.1, -0.05) is 13.8 Å². The summed E-state index contributed by atoms with van der Waals surface area (Å²) in [5.74, 6) is 1.54. The zero-order chi connectivity index (χ0) is 24.3. The Balaban J connectivity index is 2.22. The summed E-state index contributed by atoms with van der Waals surface area (Å²) in [6.45, 7) is 8.47. The molecule has 0 aliphatic carbocycles. The van der Waals surface area contributed by atoms with Crippen molar-refractivity contribution in [2.75, 3.05) is 27.8 Å². The first kappa shape index (κ1) is 24.4. The molecule has 0 saturated carbocycles. The molecule has 0 aliphatic rings. The van der Waals surface area contributed by atoms with Gasteiger partial charge in [-0.15, -0.1) is 5.10 Å². The van der Waals surface area contributed by atoms with Gasteiger partial charge in [0.05, 0.1) is 13.7 Å². The largest absolute Gasteiger partial charge is 0.497 e. The predicted octanol–water partition coefficient (Wildman–Crippen LogP) is 4.39. The van der Waals surface area contributed by atoms with Crippen LogP contribution in [-0.2, 0) is 11.3 Å². The Kier molecular flexibility index (Phi) is 7.46. The van der Waals surface area contributed by atoms with E-state index in [1.165, 1.54) is 4.90 Å². The summed E-state index contributed by atoms with van der Waals surface area (Å²) in [7, 11) is 4.87. The molecule has 0 unspecified atom stereocenters. The highest BCUT2D eigenvalue weighted by molar-refractivity contribution is 5.67. The average Bonchev–Trinajstić information content (AvgIpc) is 3.12. The lowest BCUT2D eigenvalue weighted by atomic mass is 9.95. The van der Waals surface area contributed by atoms with Crippen molar-refractivity contribution in [2.45, 2.75) is 53.0 Å². The topological polar surface area (TPSA) is 78.1 Å². The smallest absolute Gasteiger partial charge is 0.409 e. The Morgan fingerprint density at radius 2 is 1.85 bits per heavy atom. The van der Waals surface area contributed by atoms with E-state index in [1.54, 1.807) is 30.3 Å². The Hall–Kier alpha value is -3.29. The lowest BCUT2D eigenvalue weighted by Crippen LogP contribution is -2.30. The Labute approximate surface area is 194 Å². The van der Waals surface area contributed by atoms with Crippen LogP contribution in [0.1, 0.15) is 49.4 Å². The molecule has 0 radical (unpaired) electrons. The first-order chi connectivity index (χ1) is 15.7. The molecule has 2 heterocycles. The van der Waals surface area contributed by atoms with Crippen LogP contribution in [0.3, 0.4) is 0 Å². The van der Waals surface area contributed by atoms with E-state index in [0.717, 1.165) is 41.0 Å². The van der Waals surface area contributed by atoms with Crippen molar-refractivity contribution in [2.24, 2.45) is 0 Å². The Bertz CT molecular complexity index is 1210. The SMILES string of the molecule is CCC(CC)c1cc(C)n2nc(-c3ccc(OC)cc3C)n(CCOC(=O)N(C)C)c(=O)c12. The van der Waals surface area contributed by atoms with Crippen molar-refractivity contribution in [3.63, 3.8) is 0 Å². The van der Waals surface area contributed by atoms with Gasteiger partial charge in [-0.05, 0) is 68.0 Å². The predicted molar refractivity (Wildman–Crippen MR) is 129 cm³/mol. The maximum Gasteiger partial charge on any atom is 0.409 e. The van der Waals surface area contributed by atoms with Gasteiger partial charge >= 0.3 is 6.09 Å². The second-order valence-corrected chi connectivity index (χ2v) is 8.48. The van der Waals surface area contributed by atoms with E-state index < -0.39 is 6.09 Å². The fraction of sp³-hybridized carbons (Fsp3) is 0.480. The fourth-order valence-corrected chi connectivity index (χ4v) is 4.18. The quantitative estimate of drug-likeness (QED) is 0.504. The van der Waals surface area contributed by atoms with E-state index in [2.05, 4.69) is 19.9 Å². The maximum absolute atomic E-state index is 13.9. The normalized spacial score (nSPS) is 11.3.